The minimum absolute atomic E-state index is 0.0401. The number of imidazole rings is 1. The lowest BCUT2D eigenvalue weighted by Crippen LogP contribution is -2.43. The van der Waals surface area contributed by atoms with Crippen molar-refractivity contribution in [2.45, 2.75) is 57.5 Å². The van der Waals surface area contributed by atoms with E-state index >= 15 is 0 Å². The molecule has 3 heterocycles. The second-order valence-electron chi connectivity index (χ2n) is 11.6. The van der Waals surface area contributed by atoms with Crippen LogP contribution in [0.4, 0.5) is 0 Å². The van der Waals surface area contributed by atoms with Gasteiger partial charge in [-0.3, -0.25) is 14.1 Å². The Hall–Kier alpha value is -1.92. The highest BCUT2D eigenvalue weighted by atomic mass is 16.1. The second-order valence-corrected chi connectivity index (χ2v) is 11.6. The van der Waals surface area contributed by atoms with Gasteiger partial charge >= 0.3 is 0 Å². The molecule has 1 spiro atoms. The molecule has 31 heavy (non-hydrogen) atoms. The van der Waals surface area contributed by atoms with Gasteiger partial charge in [-0.25, -0.2) is 4.98 Å². The standard InChI is InChI=1S/C25H33N5O/c26-19-4-5-29(11-19)12-20-13-30-21(2-1-3-22(30)28-20)23(31)27-15-24-8-16-6-17-7-18(10-24)25(17,9-16)14-24/h1-3,13,16-19H,4-12,14-15,26H2,(H,27,31)/t16?,17?,18?,19-,24?,25?/m0/s1. The van der Waals surface area contributed by atoms with Crippen LogP contribution in [-0.4, -0.2) is 45.9 Å². The van der Waals surface area contributed by atoms with Crippen molar-refractivity contribution in [3.8, 4) is 0 Å². The van der Waals surface area contributed by atoms with Crippen LogP contribution in [0, 0.1) is 28.6 Å². The fourth-order valence-electron chi connectivity index (χ4n) is 8.66. The molecule has 1 amide bonds. The molecule has 7 rings (SSSR count). The maximum Gasteiger partial charge on any atom is 0.268 e. The molecule has 6 heteroatoms. The molecule has 0 radical (unpaired) electrons. The summed E-state index contributed by atoms with van der Waals surface area (Å²) in [5, 5.41) is 3.36. The van der Waals surface area contributed by atoms with Crippen molar-refractivity contribution in [1.29, 1.82) is 0 Å². The van der Waals surface area contributed by atoms with E-state index in [4.69, 9.17) is 10.7 Å². The minimum Gasteiger partial charge on any atom is -0.350 e. The SMILES string of the molecule is N[C@H]1CCN(Cc2cn3c(C(=O)NCC45CC6CC7CC(C4)C7(C6)C5)cccc3n2)C1. The highest BCUT2D eigenvalue weighted by Gasteiger charge is 2.70. The molecule has 0 aromatic carbocycles. The molecule has 2 aromatic rings. The van der Waals surface area contributed by atoms with E-state index in [1.54, 1.807) is 0 Å². The van der Waals surface area contributed by atoms with Gasteiger partial charge < -0.3 is 11.1 Å². The van der Waals surface area contributed by atoms with Crippen LogP contribution in [0.1, 0.15) is 61.1 Å². The Bertz CT molecular complexity index is 1060. The van der Waals surface area contributed by atoms with E-state index in [2.05, 4.69) is 10.2 Å². The van der Waals surface area contributed by atoms with Gasteiger partial charge in [-0.15, -0.1) is 0 Å². The smallest absolute Gasteiger partial charge is 0.268 e. The fourth-order valence-corrected chi connectivity index (χ4v) is 8.66. The number of nitrogens with zero attached hydrogens (tertiary/aromatic N) is 3. The van der Waals surface area contributed by atoms with Crippen LogP contribution in [0.25, 0.3) is 5.65 Å². The van der Waals surface area contributed by atoms with Crippen molar-refractivity contribution in [1.82, 2.24) is 19.6 Å². The first kappa shape index (κ1) is 18.6. The Labute approximate surface area is 183 Å². The minimum atomic E-state index is 0.0401. The zero-order valence-electron chi connectivity index (χ0n) is 18.2. The zero-order chi connectivity index (χ0) is 20.8. The van der Waals surface area contributed by atoms with Crippen LogP contribution in [0.15, 0.2) is 24.4 Å². The van der Waals surface area contributed by atoms with Crippen LogP contribution in [-0.2, 0) is 6.54 Å². The zero-order valence-corrected chi connectivity index (χ0v) is 18.2. The van der Waals surface area contributed by atoms with Crippen LogP contribution in [0.5, 0.6) is 0 Å². The molecule has 4 aliphatic carbocycles. The van der Waals surface area contributed by atoms with E-state index in [0.717, 1.165) is 61.7 Å². The van der Waals surface area contributed by atoms with E-state index in [-0.39, 0.29) is 11.9 Å². The monoisotopic (exact) mass is 419 g/mol. The molecule has 5 unspecified atom stereocenters. The van der Waals surface area contributed by atoms with Gasteiger partial charge in [-0.2, -0.15) is 0 Å². The second kappa shape index (κ2) is 6.32. The molecule has 4 saturated carbocycles. The number of nitrogens with one attached hydrogen (secondary N) is 1. The normalized spacial score (nSPS) is 40.4. The maximum atomic E-state index is 13.3. The van der Waals surface area contributed by atoms with Gasteiger partial charge in [-0.05, 0) is 85.7 Å². The van der Waals surface area contributed by atoms with Gasteiger partial charge in [0.05, 0.1) is 5.69 Å². The third kappa shape index (κ3) is 2.70. The largest absolute Gasteiger partial charge is 0.350 e. The molecule has 6 atom stereocenters. The lowest BCUT2D eigenvalue weighted by Gasteiger charge is -2.49. The number of hydrogen-bond donors (Lipinski definition) is 2. The van der Waals surface area contributed by atoms with Gasteiger partial charge in [0.15, 0.2) is 0 Å². The van der Waals surface area contributed by atoms with Gasteiger partial charge in [0.2, 0.25) is 0 Å². The summed E-state index contributed by atoms with van der Waals surface area (Å²) >= 11 is 0. The molecule has 3 N–H and O–H groups in total. The predicted octanol–water partition coefficient (Wildman–Crippen LogP) is 2.81. The number of fused-ring (bicyclic) bond motifs is 3. The van der Waals surface area contributed by atoms with Crippen LogP contribution in [0.3, 0.4) is 0 Å². The number of rotatable bonds is 5. The third-order valence-electron chi connectivity index (χ3n) is 9.68. The van der Waals surface area contributed by atoms with Crippen LogP contribution in [0.2, 0.25) is 0 Å². The lowest BCUT2D eigenvalue weighted by atomic mass is 9.55. The Balaban J connectivity index is 1.09. The maximum absolute atomic E-state index is 13.3. The summed E-state index contributed by atoms with van der Waals surface area (Å²) in [6.45, 7) is 3.59. The van der Waals surface area contributed by atoms with E-state index in [1.165, 1.54) is 38.5 Å². The summed E-state index contributed by atoms with van der Waals surface area (Å²) in [6.07, 6.45) is 11.5. The van der Waals surface area contributed by atoms with Gasteiger partial charge in [0.1, 0.15) is 11.3 Å². The number of nitrogens with two attached hydrogens (primary N) is 1. The quantitative estimate of drug-likeness (QED) is 0.781. The topological polar surface area (TPSA) is 75.7 Å². The number of aromatic nitrogens is 2. The number of carbonyl (C=O) groups is 1. The van der Waals surface area contributed by atoms with Gasteiger partial charge in [0, 0.05) is 38.4 Å². The van der Waals surface area contributed by atoms with E-state index < -0.39 is 0 Å². The number of likely N-dealkylation sites (tertiary alicyclic amines) is 1. The van der Waals surface area contributed by atoms with Gasteiger partial charge in [0.25, 0.3) is 5.91 Å². The highest BCUT2D eigenvalue weighted by Crippen LogP contribution is 2.78. The van der Waals surface area contributed by atoms with E-state index in [9.17, 15) is 4.79 Å². The molecular weight excluding hydrogens is 386 g/mol. The molecular formula is C25H33N5O. The van der Waals surface area contributed by atoms with E-state index in [0.29, 0.717) is 16.5 Å². The van der Waals surface area contributed by atoms with Crippen molar-refractivity contribution in [3.05, 3.63) is 35.8 Å². The number of amides is 1. The first-order chi connectivity index (χ1) is 15.0. The van der Waals surface area contributed by atoms with Crippen molar-refractivity contribution >= 4 is 11.6 Å². The van der Waals surface area contributed by atoms with Crippen LogP contribution >= 0.6 is 0 Å². The molecule has 164 valence electrons. The average Bonchev–Trinajstić information content (AvgIpc) is 3.43. The van der Waals surface area contributed by atoms with Crippen molar-refractivity contribution < 1.29 is 4.79 Å². The predicted molar refractivity (Wildman–Crippen MR) is 118 cm³/mol. The number of carbonyl (C=O) groups excluding carboxylic acids is 1. The molecule has 1 aliphatic heterocycles. The molecule has 5 aliphatic rings. The summed E-state index contributed by atoms with van der Waals surface area (Å²) in [5.41, 5.74) is 9.63. The molecule has 6 nitrogen and oxygen atoms in total. The molecule has 5 fully saturated rings. The molecule has 1 saturated heterocycles. The number of pyridine rings is 1. The molecule has 3 bridgehead atoms. The summed E-state index contributed by atoms with van der Waals surface area (Å²) in [5.74, 6) is 2.91. The third-order valence-corrected chi connectivity index (χ3v) is 9.68. The van der Waals surface area contributed by atoms with Crippen molar-refractivity contribution in [2.75, 3.05) is 19.6 Å². The fraction of sp³-hybridized carbons (Fsp3) is 0.680. The van der Waals surface area contributed by atoms with E-state index in [1.807, 2.05) is 28.8 Å². The Morgan fingerprint density at radius 1 is 1.23 bits per heavy atom. The first-order valence-electron chi connectivity index (χ1n) is 12.3. The Morgan fingerprint density at radius 2 is 2.16 bits per heavy atom. The van der Waals surface area contributed by atoms with Crippen LogP contribution < -0.4 is 11.1 Å². The lowest BCUT2D eigenvalue weighted by molar-refractivity contribution is -0.00254. The first-order valence-corrected chi connectivity index (χ1v) is 12.3. The Morgan fingerprint density at radius 3 is 3.03 bits per heavy atom. The average molecular weight is 420 g/mol. The summed E-state index contributed by atoms with van der Waals surface area (Å²) in [4.78, 5) is 20.4. The van der Waals surface area contributed by atoms with Crippen molar-refractivity contribution in [3.63, 3.8) is 0 Å². The highest BCUT2D eigenvalue weighted by molar-refractivity contribution is 5.93. The summed E-state index contributed by atoms with van der Waals surface area (Å²) < 4.78 is 1.97. The Kier molecular flexibility index (Phi) is 3.80. The number of hydrogen-bond acceptors (Lipinski definition) is 4. The van der Waals surface area contributed by atoms with Crippen molar-refractivity contribution in [2.24, 2.45) is 34.3 Å². The summed E-state index contributed by atoms with van der Waals surface area (Å²) in [6, 6.07) is 6.13. The van der Waals surface area contributed by atoms with Gasteiger partial charge in [-0.1, -0.05) is 6.07 Å². The summed E-state index contributed by atoms with van der Waals surface area (Å²) in [7, 11) is 0. The molecule has 2 aromatic heterocycles.